The quantitative estimate of drug-likeness (QED) is 0.917. The van der Waals surface area contributed by atoms with E-state index >= 15 is 0 Å². The Kier molecular flexibility index (Phi) is 4.56. The van der Waals surface area contributed by atoms with E-state index in [1.807, 2.05) is 24.3 Å². The first-order valence-corrected chi connectivity index (χ1v) is 7.02. The summed E-state index contributed by atoms with van der Waals surface area (Å²) in [5.41, 5.74) is 7.74. The van der Waals surface area contributed by atoms with E-state index < -0.39 is 0 Å². The minimum absolute atomic E-state index is 0.373. The van der Waals surface area contributed by atoms with Crippen LogP contribution < -0.4 is 10.5 Å². The van der Waals surface area contributed by atoms with Crippen molar-refractivity contribution in [2.45, 2.75) is 26.3 Å². The molecule has 0 bridgehead atoms. The van der Waals surface area contributed by atoms with Gasteiger partial charge in [0.05, 0.1) is 0 Å². The molecule has 0 aliphatic heterocycles. The summed E-state index contributed by atoms with van der Waals surface area (Å²) in [6, 6.07) is 9.78. The highest BCUT2D eigenvalue weighted by Gasteiger charge is 2.11. The van der Waals surface area contributed by atoms with Crippen LogP contribution in [-0.2, 0) is 6.54 Å². The average Bonchev–Trinajstić information content (AvgIpc) is 2.41. The third-order valence-corrected chi connectivity index (χ3v) is 3.36. The molecule has 0 fully saturated rings. The number of pyridine rings is 1. The minimum Gasteiger partial charge on any atom is -0.438 e. The smallest absolute Gasteiger partial charge is 0.223 e. The fraction of sp³-hybridized carbons (Fsp3) is 0.267. The highest BCUT2D eigenvalue weighted by Crippen LogP contribution is 2.33. The predicted molar refractivity (Wildman–Crippen MR) is 80.4 cm³/mol. The van der Waals surface area contributed by atoms with Gasteiger partial charge in [0, 0.05) is 22.8 Å². The molecule has 0 aliphatic carbocycles. The molecule has 19 heavy (non-hydrogen) atoms. The molecule has 0 saturated heterocycles. The Morgan fingerprint density at radius 3 is 2.79 bits per heavy atom. The Balaban J connectivity index is 2.38. The molecular weight excluding hydrogens is 304 g/mol. The van der Waals surface area contributed by atoms with Crippen LogP contribution in [0.5, 0.6) is 11.6 Å². The van der Waals surface area contributed by atoms with Crippen LogP contribution in [0.2, 0.25) is 0 Å². The van der Waals surface area contributed by atoms with E-state index in [2.05, 4.69) is 40.8 Å². The molecule has 0 aliphatic rings. The Bertz CT molecular complexity index is 570. The molecule has 100 valence electrons. The van der Waals surface area contributed by atoms with Crippen LogP contribution in [0.15, 0.2) is 41.0 Å². The maximum absolute atomic E-state index is 5.94. The van der Waals surface area contributed by atoms with Gasteiger partial charge in [-0.1, -0.05) is 35.8 Å². The van der Waals surface area contributed by atoms with Gasteiger partial charge in [-0.25, -0.2) is 4.98 Å². The van der Waals surface area contributed by atoms with Crippen LogP contribution in [-0.4, -0.2) is 4.98 Å². The molecule has 0 atom stereocenters. The molecule has 0 unspecified atom stereocenters. The molecule has 2 aromatic rings. The minimum atomic E-state index is 0.373. The van der Waals surface area contributed by atoms with Crippen molar-refractivity contribution < 1.29 is 4.74 Å². The lowest BCUT2D eigenvalue weighted by Gasteiger charge is -2.15. The van der Waals surface area contributed by atoms with E-state index in [0.29, 0.717) is 18.3 Å². The van der Waals surface area contributed by atoms with E-state index in [1.54, 1.807) is 6.20 Å². The topological polar surface area (TPSA) is 48.1 Å². The highest BCUT2D eigenvalue weighted by atomic mass is 79.9. The van der Waals surface area contributed by atoms with E-state index in [1.165, 1.54) is 0 Å². The summed E-state index contributed by atoms with van der Waals surface area (Å²) < 4.78 is 6.98. The van der Waals surface area contributed by atoms with Gasteiger partial charge in [-0.15, -0.1) is 0 Å². The molecule has 0 spiro atoms. The summed E-state index contributed by atoms with van der Waals surface area (Å²) in [5, 5.41) is 0. The van der Waals surface area contributed by atoms with Crippen molar-refractivity contribution in [1.29, 1.82) is 0 Å². The van der Waals surface area contributed by atoms with Gasteiger partial charge in [-0.05, 0) is 35.7 Å². The summed E-state index contributed by atoms with van der Waals surface area (Å²) in [6.45, 7) is 4.69. The number of nitrogens with zero attached hydrogens (tertiary/aromatic N) is 1. The van der Waals surface area contributed by atoms with E-state index in [-0.39, 0.29) is 0 Å². The summed E-state index contributed by atoms with van der Waals surface area (Å²) in [4.78, 5) is 4.25. The van der Waals surface area contributed by atoms with Crippen LogP contribution in [0.25, 0.3) is 0 Å². The van der Waals surface area contributed by atoms with Gasteiger partial charge in [-0.2, -0.15) is 0 Å². The third kappa shape index (κ3) is 3.33. The molecule has 4 heteroatoms. The first-order valence-electron chi connectivity index (χ1n) is 6.23. The maximum atomic E-state index is 5.94. The monoisotopic (exact) mass is 320 g/mol. The van der Waals surface area contributed by atoms with Gasteiger partial charge < -0.3 is 10.5 Å². The summed E-state index contributed by atoms with van der Waals surface area (Å²) in [5.74, 6) is 1.78. The first-order chi connectivity index (χ1) is 9.11. The Hall–Kier alpha value is -1.39. The van der Waals surface area contributed by atoms with E-state index in [9.17, 15) is 0 Å². The zero-order chi connectivity index (χ0) is 13.8. The molecule has 2 N–H and O–H groups in total. The summed E-state index contributed by atoms with van der Waals surface area (Å²) in [7, 11) is 0. The molecule has 1 aromatic carbocycles. The van der Waals surface area contributed by atoms with Crippen LogP contribution in [0.3, 0.4) is 0 Å². The first kappa shape index (κ1) is 14.0. The lowest BCUT2D eigenvalue weighted by Crippen LogP contribution is -2.02. The largest absolute Gasteiger partial charge is 0.438 e. The lowest BCUT2D eigenvalue weighted by atomic mass is 10.0. The van der Waals surface area contributed by atoms with Gasteiger partial charge in [0.15, 0.2) is 0 Å². The summed E-state index contributed by atoms with van der Waals surface area (Å²) in [6.07, 6.45) is 1.71. The van der Waals surface area contributed by atoms with Crippen molar-refractivity contribution >= 4 is 15.9 Å². The number of nitrogens with two attached hydrogens (primary N) is 1. The van der Waals surface area contributed by atoms with Crippen molar-refractivity contribution in [3.8, 4) is 11.6 Å². The highest BCUT2D eigenvalue weighted by molar-refractivity contribution is 9.10. The van der Waals surface area contributed by atoms with E-state index in [4.69, 9.17) is 10.5 Å². The molecule has 0 saturated carbocycles. The number of rotatable bonds is 4. The number of benzene rings is 1. The van der Waals surface area contributed by atoms with Gasteiger partial charge >= 0.3 is 0 Å². The van der Waals surface area contributed by atoms with Crippen LogP contribution in [0, 0.1) is 0 Å². The second-order valence-corrected chi connectivity index (χ2v) is 5.53. The van der Waals surface area contributed by atoms with Gasteiger partial charge in [0.2, 0.25) is 5.88 Å². The molecular formula is C15H17BrN2O. The number of hydrogen-bond donors (Lipinski definition) is 1. The van der Waals surface area contributed by atoms with Gasteiger partial charge in [-0.3, -0.25) is 0 Å². The molecule has 3 nitrogen and oxygen atoms in total. The molecule has 1 aromatic heterocycles. The molecule has 0 radical (unpaired) electrons. The second-order valence-electron chi connectivity index (χ2n) is 4.61. The molecule has 2 rings (SSSR count). The van der Waals surface area contributed by atoms with Gasteiger partial charge in [0.25, 0.3) is 0 Å². The maximum Gasteiger partial charge on any atom is 0.223 e. The fourth-order valence-electron chi connectivity index (χ4n) is 1.84. The average molecular weight is 321 g/mol. The predicted octanol–water partition coefficient (Wildman–Crippen LogP) is 4.22. The third-order valence-electron chi connectivity index (χ3n) is 2.87. The zero-order valence-electron chi connectivity index (χ0n) is 11.1. The zero-order valence-corrected chi connectivity index (χ0v) is 12.6. The Labute approximate surface area is 121 Å². The van der Waals surface area contributed by atoms with Gasteiger partial charge in [0.1, 0.15) is 5.75 Å². The van der Waals surface area contributed by atoms with Crippen LogP contribution in [0.1, 0.15) is 30.9 Å². The van der Waals surface area contributed by atoms with Crippen molar-refractivity contribution in [2.24, 2.45) is 5.73 Å². The number of halogens is 1. The van der Waals surface area contributed by atoms with Crippen LogP contribution >= 0.6 is 15.9 Å². The number of hydrogen-bond acceptors (Lipinski definition) is 3. The molecule has 0 amide bonds. The number of ether oxygens (including phenoxy) is 1. The lowest BCUT2D eigenvalue weighted by molar-refractivity contribution is 0.448. The Morgan fingerprint density at radius 1 is 1.32 bits per heavy atom. The van der Waals surface area contributed by atoms with Crippen molar-refractivity contribution in [1.82, 2.24) is 4.98 Å². The van der Waals surface area contributed by atoms with Crippen molar-refractivity contribution in [3.63, 3.8) is 0 Å². The van der Waals surface area contributed by atoms with E-state index in [0.717, 1.165) is 21.3 Å². The van der Waals surface area contributed by atoms with Crippen LogP contribution in [0.4, 0.5) is 0 Å². The van der Waals surface area contributed by atoms with Crippen molar-refractivity contribution in [2.75, 3.05) is 0 Å². The Morgan fingerprint density at radius 2 is 2.11 bits per heavy atom. The second kappa shape index (κ2) is 6.17. The standard InChI is InChI=1S/C15H17BrN2O/c1-10(2)13-8-12(16)5-6-14(13)19-15-11(9-17)4-3-7-18-15/h3-8,10H,9,17H2,1-2H3. The SMILES string of the molecule is CC(C)c1cc(Br)ccc1Oc1ncccc1CN. The normalized spacial score (nSPS) is 10.8. The summed E-state index contributed by atoms with van der Waals surface area (Å²) >= 11 is 3.49. The number of aromatic nitrogens is 1. The molecule has 1 heterocycles. The fourth-order valence-corrected chi connectivity index (χ4v) is 2.22. The van der Waals surface area contributed by atoms with Crippen molar-refractivity contribution in [3.05, 3.63) is 52.1 Å².